The number of carbonyl (C=O) groups excluding carboxylic acids is 1. The number of sulfone groups is 1. The SMILES string of the molecule is COCc1nn(Cc2ccc3c(c2)S(=O)(=O)CCN(C)C3)cc1C(=O)NCc1c(-n2cc(C)nn2)ccc(OC)c1F. The van der Waals surface area contributed by atoms with Gasteiger partial charge < -0.3 is 19.7 Å². The Morgan fingerprint density at radius 2 is 1.98 bits per heavy atom. The first kappa shape index (κ1) is 29.4. The van der Waals surface area contributed by atoms with Crippen molar-refractivity contribution in [3.8, 4) is 11.4 Å². The van der Waals surface area contributed by atoms with Crippen LogP contribution in [-0.4, -0.2) is 77.6 Å². The second kappa shape index (κ2) is 12.0. The van der Waals surface area contributed by atoms with Crippen LogP contribution in [0.4, 0.5) is 4.39 Å². The third-order valence-corrected chi connectivity index (χ3v) is 8.81. The van der Waals surface area contributed by atoms with Gasteiger partial charge in [0.05, 0.1) is 54.1 Å². The van der Waals surface area contributed by atoms with Crippen LogP contribution < -0.4 is 10.1 Å². The minimum Gasteiger partial charge on any atom is -0.494 e. The number of carbonyl (C=O) groups is 1. The Labute approximate surface area is 243 Å². The zero-order valence-electron chi connectivity index (χ0n) is 23.8. The lowest BCUT2D eigenvalue weighted by molar-refractivity contribution is 0.0945. The van der Waals surface area contributed by atoms with Crippen molar-refractivity contribution < 1.29 is 27.1 Å². The molecule has 0 radical (unpaired) electrons. The van der Waals surface area contributed by atoms with Crippen molar-refractivity contribution in [1.82, 2.24) is 35.0 Å². The van der Waals surface area contributed by atoms with Crippen molar-refractivity contribution in [2.75, 3.05) is 33.6 Å². The molecule has 1 N–H and O–H groups in total. The molecule has 2 aromatic heterocycles. The third kappa shape index (κ3) is 6.05. The number of nitrogens with one attached hydrogen (secondary N) is 1. The molecule has 1 amide bonds. The standard InChI is InChI=1S/C28H32FN7O5S/c1-18-13-36(33-31-18)24-7-8-25(41-4)27(29)21(24)12-30-28(37)22-16-35(32-23(22)17-40-3)14-19-5-6-20-15-34(2)9-10-42(38,39)26(20)11-19/h5-8,11,13,16H,9-10,12,14-15,17H2,1-4H3,(H,30,37). The maximum Gasteiger partial charge on any atom is 0.255 e. The smallest absolute Gasteiger partial charge is 0.255 e. The van der Waals surface area contributed by atoms with Gasteiger partial charge in [0.1, 0.15) is 5.69 Å². The fourth-order valence-corrected chi connectivity index (χ4v) is 6.53. The molecule has 0 atom stereocenters. The highest BCUT2D eigenvalue weighted by atomic mass is 32.2. The number of nitrogens with zero attached hydrogens (tertiary/aromatic N) is 6. The Balaban J connectivity index is 1.39. The van der Waals surface area contributed by atoms with Crippen LogP contribution in [0.2, 0.25) is 0 Å². The lowest BCUT2D eigenvalue weighted by Gasteiger charge is -2.14. The number of hydrogen-bond acceptors (Lipinski definition) is 9. The van der Waals surface area contributed by atoms with Gasteiger partial charge in [-0.05, 0) is 43.3 Å². The molecule has 0 bridgehead atoms. The molecule has 14 heteroatoms. The molecular formula is C28H32FN7O5S. The van der Waals surface area contributed by atoms with E-state index in [2.05, 4.69) is 20.7 Å². The molecule has 5 rings (SSSR count). The average molecular weight is 598 g/mol. The molecule has 4 aromatic rings. The predicted molar refractivity (Wildman–Crippen MR) is 151 cm³/mol. The lowest BCUT2D eigenvalue weighted by atomic mass is 10.1. The number of amides is 1. The zero-order chi connectivity index (χ0) is 30.0. The Morgan fingerprint density at radius 1 is 1.17 bits per heavy atom. The molecule has 0 aliphatic carbocycles. The number of aryl methyl sites for hydroxylation is 1. The highest BCUT2D eigenvalue weighted by Crippen LogP contribution is 2.27. The van der Waals surface area contributed by atoms with E-state index in [9.17, 15) is 13.2 Å². The van der Waals surface area contributed by atoms with E-state index < -0.39 is 21.6 Å². The maximum atomic E-state index is 15.3. The molecule has 2 aromatic carbocycles. The van der Waals surface area contributed by atoms with E-state index in [0.717, 1.165) is 11.1 Å². The highest BCUT2D eigenvalue weighted by Gasteiger charge is 2.25. The molecule has 0 spiro atoms. The maximum absolute atomic E-state index is 15.3. The third-order valence-electron chi connectivity index (χ3n) is 7.04. The van der Waals surface area contributed by atoms with Gasteiger partial charge in [0.15, 0.2) is 21.4 Å². The van der Waals surface area contributed by atoms with Gasteiger partial charge in [-0.3, -0.25) is 9.48 Å². The molecule has 0 unspecified atom stereocenters. The van der Waals surface area contributed by atoms with Gasteiger partial charge in [0.2, 0.25) is 0 Å². The molecule has 12 nitrogen and oxygen atoms in total. The summed E-state index contributed by atoms with van der Waals surface area (Å²) in [7, 11) is 1.33. The molecule has 222 valence electrons. The molecule has 0 saturated carbocycles. The van der Waals surface area contributed by atoms with Gasteiger partial charge in [-0.2, -0.15) is 5.10 Å². The Morgan fingerprint density at radius 3 is 2.69 bits per heavy atom. The quantitative estimate of drug-likeness (QED) is 0.308. The van der Waals surface area contributed by atoms with Crippen molar-refractivity contribution >= 4 is 15.7 Å². The van der Waals surface area contributed by atoms with Gasteiger partial charge in [-0.25, -0.2) is 17.5 Å². The fraction of sp³-hybridized carbons (Fsp3) is 0.357. The predicted octanol–water partition coefficient (Wildman–Crippen LogP) is 2.26. The number of fused-ring (bicyclic) bond motifs is 1. The number of rotatable bonds is 9. The number of halogens is 1. The van der Waals surface area contributed by atoms with Crippen molar-refractivity contribution in [1.29, 1.82) is 0 Å². The van der Waals surface area contributed by atoms with Crippen molar-refractivity contribution in [3.05, 3.63) is 82.2 Å². The van der Waals surface area contributed by atoms with Crippen LogP contribution in [0.5, 0.6) is 5.75 Å². The first-order valence-corrected chi connectivity index (χ1v) is 14.9. The Kier molecular flexibility index (Phi) is 8.38. The minimum absolute atomic E-state index is 0.0298. The summed E-state index contributed by atoms with van der Waals surface area (Å²) in [6, 6.07) is 8.50. The van der Waals surface area contributed by atoms with Crippen LogP contribution in [0, 0.1) is 12.7 Å². The molecular weight excluding hydrogens is 565 g/mol. The molecule has 0 fully saturated rings. The van der Waals surface area contributed by atoms with E-state index in [4.69, 9.17) is 9.47 Å². The normalized spacial score (nSPS) is 14.8. The van der Waals surface area contributed by atoms with Gasteiger partial charge in [0.25, 0.3) is 5.91 Å². The molecule has 1 aliphatic heterocycles. The van der Waals surface area contributed by atoms with E-state index in [1.165, 1.54) is 25.0 Å². The van der Waals surface area contributed by atoms with Gasteiger partial charge in [0, 0.05) is 38.5 Å². The van der Waals surface area contributed by atoms with E-state index in [1.54, 1.807) is 36.1 Å². The van der Waals surface area contributed by atoms with Crippen LogP contribution in [0.15, 0.2) is 47.6 Å². The summed E-state index contributed by atoms with van der Waals surface area (Å²) in [6.07, 6.45) is 3.22. The fourth-order valence-electron chi connectivity index (χ4n) is 4.89. The lowest BCUT2D eigenvalue weighted by Crippen LogP contribution is -2.25. The zero-order valence-corrected chi connectivity index (χ0v) is 24.6. The number of aromatic nitrogens is 5. The first-order chi connectivity index (χ1) is 20.1. The van der Waals surface area contributed by atoms with E-state index in [1.807, 2.05) is 24.1 Å². The summed E-state index contributed by atoms with van der Waals surface area (Å²) in [5, 5.41) is 15.3. The van der Waals surface area contributed by atoms with E-state index in [0.29, 0.717) is 35.1 Å². The van der Waals surface area contributed by atoms with Gasteiger partial charge in [-0.1, -0.05) is 17.3 Å². The molecule has 0 saturated heterocycles. The second-order valence-electron chi connectivity index (χ2n) is 10.2. The Bertz CT molecular complexity index is 1730. The topological polar surface area (TPSA) is 133 Å². The monoisotopic (exact) mass is 597 g/mol. The number of benzene rings is 2. The number of methoxy groups -OCH3 is 2. The van der Waals surface area contributed by atoms with Crippen LogP contribution >= 0.6 is 0 Å². The van der Waals surface area contributed by atoms with E-state index in [-0.39, 0.29) is 42.3 Å². The van der Waals surface area contributed by atoms with E-state index >= 15 is 4.39 Å². The summed E-state index contributed by atoms with van der Waals surface area (Å²) in [6.45, 7) is 2.92. The van der Waals surface area contributed by atoms with Crippen LogP contribution in [0.3, 0.4) is 0 Å². The summed E-state index contributed by atoms with van der Waals surface area (Å²) in [5.41, 5.74) is 3.35. The highest BCUT2D eigenvalue weighted by molar-refractivity contribution is 7.91. The molecule has 42 heavy (non-hydrogen) atoms. The summed E-state index contributed by atoms with van der Waals surface area (Å²) in [4.78, 5) is 15.7. The minimum atomic E-state index is -3.42. The Hall–Kier alpha value is -4.14. The first-order valence-electron chi connectivity index (χ1n) is 13.2. The van der Waals surface area contributed by atoms with Crippen molar-refractivity contribution in [2.45, 2.75) is 38.1 Å². The summed E-state index contributed by atoms with van der Waals surface area (Å²) in [5.74, 6) is -1.03. The second-order valence-corrected chi connectivity index (χ2v) is 12.3. The summed E-state index contributed by atoms with van der Waals surface area (Å²) < 4.78 is 54.5. The van der Waals surface area contributed by atoms with Gasteiger partial charge in [-0.15, -0.1) is 5.10 Å². The largest absolute Gasteiger partial charge is 0.494 e. The molecule has 1 aliphatic rings. The number of ether oxygens (including phenoxy) is 2. The van der Waals surface area contributed by atoms with Crippen LogP contribution in [-0.2, 0) is 40.8 Å². The average Bonchev–Trinajstić information content (AvgIpc) is 3.55. The number of hydrogen-bond donors (Lipinski definition) is 1. The van der Waals surface area contributed by atoms with Crippen LogP contribution in [0.25, 0.3) is 5.69 Å². The van der Waals surface area contributed by atoms with Crippen LogP contribution in [0.1, 0.15) is 38.4 Å². The van der Waals surface area contributed by atoms with Crippen molar-refractivity contribution in [3.63, 3.8) is 0 Å². The van der Waals surface area contributed by atoms with Crippen molar-refractivity contribution in [2.24, 2.45) is 0 Å². The van der Waals surface area contributed by atoms with Gasteiger partial charge >= 0.3 is 0 Å². The molecule has 3 heterocycles. The summed E-state index contributed by atoms with van der Waals surface area (Å²) >= 11 is 0.